The molecule has 0 amide bonds. The summed E-state index contributed by atoms with van der Waals surface area (Å²) in [5.41, 5.74) is 2.05. The number of morpholine rings is 1. The van der Waals surface area contributed by atoms with Crippen LogP contribution in [-0.2, 0) is 4.74 Å². The fourth-order valence-corrected chi connectivity index (χ4v) is 4.43. The maximum atomic E-state index is 10.6. The van der Waals surface area contributed by atoms with Gasteiger partial charge < -0.3 is 14.6 Å². The van der Waals surface area contributed by atoms with Gasteiger partial charge in [0.2, 0.25) is 0 Å². The molecular formula is C25H31N3O3. The molecule has 0 spiro atoms. The number of rotatable bonds is 7. The summed E-state index contributed by atoms with van der Waals surface area (Å²) >= 11 is 0. The first-order valence-electron chi connectivity index (χ1n) is 11.2. The zero-order chi connectivity index (χ0) is 21.4. The van der Waals surface area contributed by atoms with Crippen molar-refractivity contribution in [3.8, 4) is 16.9 Å². The second kappa shape index (κ2) is 8.26. The number of β-amino-alcohol motifs (C(OH)–C–C–N with tert-alkyl or cyclic N) is 1. The zero-order valence-corrected chi connectivity index (χ0v) is 18.3. The van der Waals surface area contributed by atoms with E-state index in [4.69, 9.17) is 9.47 Å². The molecule has 0 radical (unpaired) electrons. The average Bonchev–Trinajstić information content (AvgIpc) is 3.48. The smallest absolute Gasteiger partial charge is 0.120 e. The van der Waals surface area contributed by atoms with Crippen LogP contribution >= 0.6 is 0 Å². The number of benzene rings is 2. The van der Waals surface area contributed by atoms with Gasteiger partial charge in [0.1, 0.15) is 18.5 Å². The molecule has 6 nitrogen and oxygen atoms in total. The van der Waals surface area contributed by atoms with Gasteiger partial charge in [-0.15, -0.1) is 0 Å². The van der Waals surface area contributed by atoms with Crippen LogP contribution in [0.3, 0.4) is 0 Å². The molecule has 164 valence electrons. The molecule has 1 aliphatic heterocycles. The van der Waals surface area contributed by atoms with E-state index in [0.717, 1.165) is 35.4 Å². The molecule has 2 fully saturated rings. The lowest BCUT2D eigenvalue weighted by Gasteiger charge is -2.38. The minimum absolute atomic E-state index is 0.170. The summed E-state index contributed by atoms with van der Waals surface area (Å²) in [7, 11) is 0. The highest BCUT2D eigenvalue weighted by atomic mass is 16.5. The molecule has 1 atom stereocenters. The van der Waals surface area contributed by atoms with Crippen molar-refractivity contribution in [1.82, 2.24) is 14.7 Å². The van der Waals surface area contributed by atoms with E-state index >= 15 is 0 Å². The summed E-state index contributed by atoms with van der Waals surface area (Å²) in [5.74, 6) is 0.772. The Labute approximate surface area is 183 Å². The maximum absolute atomic E-state index is 10.6. The summed E-state index contributed by atoms with van der Waals surface area (Å²) < 4.78 is 13.9. The summed E-state index contributed by atoms with van der Waals surface area (Å²) in [5, 5.41) is 17.5. The second-order valence-electron chi connectivity index (χ2n) is 9.44. The Kier molecular flexibility index (Phi) is 5.46. The van der Waals surface area contributed by atoms with E-state index in [1.165, 1.54) is 18.2 Å². The van der Waals surface area contributed by atoms with Crippen molar-refractivity contribution in [2.75, 3.05) is 32.8 Å². The molecule has 1 saturated carbocycles. The monoisotopic (exact) mass is 421 g/mol. The van der Waals surface area contributed by atoms with Crippen LogP contribution in [0.2, 0.25) is 0 Å². The minimum Gasteiger partial charge on any atom is -0.491 e. The van der Waals surface area contributed by atoms with Gasteiger partial charge in [-0.25, -0.2) is 0 Å². The van der Waals surface area contributed by atoms with Crippen LogP contribution in [-0.4, -0.2) is 64.3 Å². The van der Waals surface area contributed by atoms with Gasteiger partial charge in [-0.3, -0.25) is 9.58 Å². The number of nitrogens with zero attached hydrogens (tertiary/aromatic N) is 3. The number of aliphatic hydroxyl groups excluding tert-OH is 1. The predicted octanol–water partition coefficient (Wildman–Crippen LogP) is 3.89. The molecular weight excluding hydrogens is 390 g/mol. The molecule has 1 aromatic heterocycles. The van der Waals surface area contributed by atoms with Gasteiger partial charge in [-0.2, -0.15) is 5.10 Å². The van der Waals surface area contributed by atoms with Crippen molar-refractivity contribution in [2.45, 2.75) is 44.4 Å². The first kappa shape index (κ1) is 20.5. The van der Waals surface area contributed by atoms with Crippen molar-refractivity contribution in [1.29, 1.82) is 0 Å². The summed E-state index contributed by atoms with van der Waals surface area (Å²) in [6.07, 6.45) is 5.95. The summed E-state index contributed by atoms with van der Waals surface area (Å²) in [4.78, 5) is 2.25. The van der Waals surface area contributed by atoms with E-state index in [0.29, 0.717) is 19.2 Å². The number of ether oxygens (including phenoxy) is 2. The Bertz CT molecular complexity index is 1060. The van der Waals surface area contributed by atoms with Crippen molar-refractivity contribution >= 4 is 10.8 Å². The van der Waals surface area contributed by atoms with Crippen LogP contribution in [0.1, 0.15) is 32.7 Å². The van der Waals surface area contributed by atoms with E-state index in [1.807, 2.05) is 12.3 Å². The molecule has 3 aromatic rings. The normalized spacial score (nSPS) is 20.1. The number of aromatic nitrogens is 2. The predicted molar refractivity (Wildman–Crippen MR) is 121 cm³/mol. The first-order chi connectivity index (χ1) is 15.0. The largest absolute Gasteiger partial charge is 0.491 e. The highest BCUT2D eigenvalue weighted by Crippen LogP contribution is 2.37. The van der Waals surface area contributed by atoms with Crippen LogP contribution < -0.4 is 4.74 Å². The van der Waals surface area contributed by atoms with E-state index in [9.17, 15) is 5.11 Å². The van der Waals surface area contributed by atoms with Gasteiger partial charge in [0, 0.05) is 31.4 Å². The molecule has 1 saturated heterocycles. The lowest BCUT2D eigenvalue weighted by Crippen LogP contribution is -2.50. The van der Waals surface area contributed by atoms with E-state index < -0.39 is 6.10 Å². The van der Waals surface area contributed by atoms with Gasteiger partial charge in [0.25, 0.3) is 0 Å². The number of fused-ring (bicyclic) bond motifs is 1. The van der Waals surface area contributed by atoms with Crippen LogP contribution in [0.5, 0.6) is 5.75 Å². The quantitative estimate of drug-likeness (QED) is 0.627. The molecule has 2 heterocycles. The molecule has 1 aliphatic carbocycles. The first-order valence-corrected chi connectivity index (χ1v) is 11.2. The molecule has 2 aromatic carbocycles. The number of hydrogen-bond acceptors (Lipinski definition) is 5. The van der Waals surface area contributed by atoms with Crippen LogP contribution in [0.25, 0.3) is 21.9 Å². The minimum atomic E-state index is -0.554. The van der Waals surface area contributed by atoms with Crippen LogP contribution in [0, 0.1) is 0 Å². The van der Waals surface area contributed by atoms with E-state index in [-0.39, 0.29) is 12.2 Å². The standard InChI is InChI=1S/C25H31N3O3/c1-25(2)17-27(9-10-31-25)15-21(29)16-30-22-11-18-5-3-4-6-23(18)24(12-22)19-13-26-28(14-19)20-7-8-20/h3-6,11-14,20-21,29H,7-10,15-17H2,1-2H3. The Morgan fingerprint density at radius 1 is 1.26 bits per heavy atom. The van der Waals surface area contributed by atoms with Crippen molar-refractivity contribution in [3.63, 3.8) is 0 Å². The molecule has 5 rings (SSSR count). The fraction of sp³-hybridized carbons (Fsp3) is 0.480. The number of hydrogen-bond donors (Lipinski definition) is 1. The van der Waals surface area contributed by atoms with Gasteiger partial charge in [0.15, 0.2) is 0 Å². The lowest BCUT2D eigenvalue weighted by atomic mass is 10.00. The summed E-state index contributed by atoms with van der Waals surface area (Å²) in [6, 6.07) is 13.0. The zero-order valence-electron chi connectivity index (χ0n) is 18.3. The molecule has 0 bridgehead atoms. The van der Waals surface area contributed by atoms with Crippen LogP contribution in [0.15, 0.2) is 48.8 Å². The Balaban J connectivity index is 1.31. The van der Waals surface area contributed by atoms with Gasteiger partial charge in [0.05, 0.1) is 24.4 Å². The highest BCUT2D eigenvalue weighted by Gasteiger charge is 2.28. The van der Waals surface area contributed by atoms with Crippen LogP contribution in [0.4, 0.5) is 0 Å². The highest BCUT2D eigenvalue weighted by molar-refractivity contribution is 5.97. The molecule has 6 heteroatoms. The third-order valence-corrected chi connectivity index (χ3v) is 6.08. The third kappa shape index (κ3) is 4.76. The second-order valence-corrected chi connectivity index (χ2v) is 9.44. The van der Waals surface area contributed by atoms with Gasteiger partial charge in [-0.05, 0) is 55.2 Å². The maximum Gasteiger partial charge on any atom is 0.120 e. The number of aliphatic hydroxyl groups is 1. The molecule has 1 N–H and O–H groups in total. The van der Waals surface area contributed by atoms with Crippen molar-refractivity contribution in [3.05, 3.63) is 48.8 Å². The van der Waals surface area contributed by atoms with Gasteiger partial charge >= 0.3 is 0 Å². The Hall–Kier alpha value is -2.41. The molecule has 1 unspecified atom stereocenters. The molecule has 2 aliphatic rings. The van der Waals surface area contributed by atoms with E-state index in [2.05, 4.69) is 65.1 Å². The Morgan fingerprint density at radius 3 is 2.90 bits per heavy atom. The third-order valence-electron chi connectivity index (χ3n) is 6.08. The fourth-order valence-electron chi connectivity index (χ4n) is 4.43. The van der Waals surface area contributed by atoms with Gasteiger partial charge in [-0.1, -0.05) is 24.3 Å². The molecule has 31 heavy (non-hydrogen) atoms. The Morgan fingerprint density at radius 2 is 2.10 bits per heavy atom. The SMILES string of the molecule is CC1(C)CN(CC(O)COc2cc(-c3cnn(C4CC4)c3)c3ccccc3c2)CCO1. The summed E-state index contributed by atoms with van der Waals surface area (Å²) in [6.45, 7) is 7.37. The van der Waals surface area contributed by atoms with E-state index in [1.54, 1.807) is 0 Å². The lowest BCUT2D eigenvalue weighted by molar-refractivity contribution is -0.0947. The average molecular weight is 422 g/mol. The van der Waals surface area contributed by atoms with Crippen molar-refractivity contribution < 1.29 is 14.6 Å². The topological polar surface area (TPSA) is 59.8 Å². The van der Waals surface area contributed by atoms with Crippen molar-refractivity contribution in [2.24, 2.45) is 0 Å².